The second-order valence-corrected chi connectivity index (χ2v) is 4.78. The number of aromatic nitrogens is 2. The highest BCUT2D eigenvalue weighted by molar-refractivity contribution is 5.01. The molecule has 0 atom stereocenters. The lowest BCUT2D eigenvalue weighted by molar-refractivity contribution is -0.0306. The summed E-state index contributed by atoms with van der Waals surface area (Å²) in [4.78, 5) is 4.45. The summed E-state index contributed by atoms with van der Waals surface area (Å²) < 4.78 is 10.9. The second kappa shape index (κ2) is 6.85. The van der Waals surface area contributed by atoms with E-state index in [1.165, 1.54) is 0 Å². The normalized spacial score (nSPS) is 12.3. The molecule has 0 aromatic carbocycles. The molecule has 104 valence electrons. The van der Waals surface area contributed by atoms with Crippen molar-refractivity contribution < 1.29 is 9.26 Å². The van der Waals surface area contributed by atoms with Crippen molar-refractivity contribution in [3.8, 4) is 0 Å². The molecule has 0 fully saturated rings. The first-order valence-electron chi connectivity index (χ1n) is 6.69. The average Bonchev–Trinajstić information content (AvgIpc) is 2.81. The molecule has 1 N–H and O–H groups in total. The highest BCUT2D eigenvalue weighted by Crippen LogP contribution is 2.29. The molecule has 1 aromatic heterocycles. The lowest BCUT2D eigenvalue weighted by Gasteiger charge is -2.25. The molecule has 0 saturated heterocycles. The molecule has 0 bridgehead atoms. The Labute approximate surface area is 109 Å². The van der Waals surface area contributed by atoms with Gasteiger partial charge in [0.05, 0.1) is 0 Å². The van der Waals surface area contributed by atoms with E-state index in [0.717, 1.165) is 25.8 Å². The average molecular weight is 255 g/mol. The number of nitrogens with one attached hydrogen (secondary N) is 1. The second-order valence-electron chi connectivity index (χ2n) is 4.78. The standard InChI is InChI=1S/C13H25N3O2/c1-6-13(7-2,17-5)12-15-11(18-16-12)8-9-14-10(3)4/h10,14H,6-9H2,1-5H3. The maximum absolute atomic E-state index is 5.58. The molecule has 1 rings (SSSR count). The lowest BCUT2D eigenvalue weighted by atomic mass is 9.96. The number of nitrogens with zero attached hydrogens (tertiary/aromatic N) is 2. The Morgan fingerprint density at radius 3 is 2.50 bits per heavy atom. The Hall–Kier alpha value is -0.940. The summed E-state index contributed by atoms with van der Waals surface area (Å²) in [5.41, 5.74) is -0.409. The van der Waals surface area contributed by atoms with Crippen molar-refractivity contribution in [1.29, 1.82) is 0 Å². The van der Waals surface area contributed by atoms with E-state index < -0.39 is 5.60 Å². The summed E-state index contributed by atoms with van der Waals surface area (Å²) in [5.74, 6) is 1.33. The Morgan fingerprint density at radius 1 is 1.33 bits per heavy atom. The Morgan fingerprint density at radius 2 is 2.00 bits per heavy atom. The van der Waals surface area contributed by atoms with Gasteiger partial charge in [-0.1, -0.05) is 32.9 Å². The number of hydrogen-bond acceptors (Lipinski definition) is 5. The number of ether oxygens (including phenoxy) is 1. The van der Waals surface area contributed by atoms with Crippen molar-refractivity contribution in [3.05, 3.63) is 11.7 Å². The minimum Gasteiger partial charge on any atom is -0.370 e. The Kier molecular flexibility index (Phi) is 5.75. The van der Waals surface area contributed by atoms with Gasteiger partial charge in [0.15, 0.2) is 0 Å². The third kappa shape index (κ3) is 3.53. The molecule has 1 aromatic rings. The largest absolute Gasteiger partial charge is 0.370 e. The third-order valence-electron chi connectivity index (χ3n) is 3.30. The van der Waals surface area contributed by atoms with Crippen LogP contribution in [0.25, 0.3) is 0 Å². The van der Waals surface area contributed by atoms with Crippen LogP contribution in [0.3, 0.4) is 0 Å². The van der Waals surface area contributed by atoms with Crippen LogP contribution in [0.4, 0.5) is 0 Å². The smallest absolute Gasteiger partial charge is 0.228 e. The maximum Gasteiger partial charge on any atom is 0.228 e. The van der Waals surface area contributed by atoms with Crippen LogP contribution >= 0.6 is 0 Å². The van der Waals surface area contributed by atoms with Crippen molar-refractivity contribution in [3.63, 3.8) is 0 Å². The molecule has 1 heterocycles. The van der Waals surface area contributed by atoms with Crippen LogP contribution in [-0.4, -0.2) is 29.8 Å². The summed E-state index contributed by atoms with van der Waals surface area (Å²) in [6, 6.07) is 0.469. The van der Waals surface area contributed by atoms with Gasteiger partial charge in [0.1, 0.15) is 5.60 Å². The number of rotatable bonds is 8. The van der Waals surface area contributed by atoms with Crippen LogP contribution in [0.5, 0.6) is 0 Å². The summed E-state index contributed by atoms with van der Waals surface area (Å²) in [6.45, 7) is 9.22. The zero-order chi connectivity index (χ0) is 13.6. The van der Waals surface area contributed by atoms with E-state index in [1.807, 2.05) is 0 Å². The summed E-state index contributed by atoms with van der Waals surface area (Å²) in [7, 11) is 1.70. The molecule has 5 nitrogen and oxygen atoms in total. The number of methoxy groups -OCH3 is 1. The molecule has 18 heavy (non-hydrogen) atoms. The molecule has 0 aliphatic heterocycles. The SMILES string of the molecule is CCC(CC)(OC)c1noc(CCNC(C)C)n1. The van der Waals surface area contributed by atoms with E-state index in [9.17, 15) is 0 Å². The van der Waals surface area contributed by atoms with Gasteiger partial charge in [0, 0.05) is 26.1 Å². The molecule has 0 saturated carbocycles. The van der Waals surface area contributed by atoms with Gasteiger partial charge in [-0.05, 0) is 12.8 Å². The molecule has 0 radical (unpaired) electrons. The third-order valence-corrected chi connectivity index (χ3v) is 3.30. The Balaban J connectivity index is 2.67. The summed E-state index contributed by atoms with van der Waals surface area (Å²) in [5, 5.41) is 7.38. The van der Waals surface area contributed by atoms with Crippen LogP contribution in [0.2, 0.25) is 0 Å². The first-order chi connectivity index (χ1) is 8.57. The van der Waals surface area contributed by atoms with E-state index in [0.29, 0.717) is 17.8 Å². The van der Waals surface area contributed by atoms with E-state index in [-0.39, 0.29) is 0 Å². The first kappa shape index (κ1) is 15.1. The van der Waals surface area contributed by atoms with Crippen LogP contribution in [0.15, 0.2) is 4.52 Å². The van der Waals surface area contributed by atoms with Crippen LogP contribution in [-0.2, 0) is 16.8 Å². The van der Waals surface area contributed by atoms with Crippen molar-refractivity contribution in [2.45, 2.75) is 58.6 Å². The molecule has 0 aliphatic carbocycles. The quantitative estimate of drug-likeness (QED) is 0.772. The predicted molar refractivity (Wildman–Crippen MR) is 70.4 cm³/mol. The van der Waals surface area contributed by atoms with E-state index >= 15 is 0 Å². The molecule has 0 aliphatic rings. The van der Waals surface area contributed by atoms with Gasteiger partial charge in [0.2, 0.25) is 11.7 Å². The molecule has 0 unspecified atom stereocenters. The van der Waals surface area contributed by atoms with Crippen molar-refractivity contribution in [2.24, 2.45) is 0 Å². The number of hydrogen-bond donors (Lipinski definition) is 1. The maximum atomic E-state index is 5.58. The first-order valence-corrected chi connectivity index (χ1v) is 6.69. The van der Waals surface area contributed by atoms with E-state index in [2.05, 4.69) is 43.2 Å². The zero-order valence-corrected chi connectivity index (χ0v) is 12.1. The van der Waals surface area contributed by atoms with Crippen molar-refractivity contribution in [1.82, 2.24) is 15.5 Å². The molecular formula is C13H25N3O2. The van der Waals surface area contributed by atoms with Gasteiger partial charge in [-0.3, -0.25) is 0 Å². The Bertz CT molecular complexity index is 337. The fourth-order valence-electron chi connectivity index (χ4n) is 1.96. The van der Waals surface area contributed by atoms with Gasteiger partial charge in [-0.2, -0.15) is 4.98 Å². The van der Waals surface area contributed by atoms with Crippen LogP contribution in [0.1, 0.15) is 52.3 Å². The molecule has 5 heteroatoms. The van der Waals surface area contributed by atoms with Gasteiger partial charge >= 0.3 is 0 Å². The fraction of sp³-hybridized carbons (Fsp3) is 0.846. The predicted octanol–water partition coefficient (Wildman–Crippen LogP) is 2.27. The van der Waals surface area contributed by atoms with Crippen LogP contribution < -0.4 is 5.32 Å². The molecule has 0 spiro atoms. The molecular weight excluding hydrogens is 230 g/mol. The summed E-state index contributed by atoms with van der Waals surface area (Å²) in [6.07, 6.45) is 2.42. The highest BCUT2D eigenvalue weighted by atomic mass is 16.5. The van der Waals surface area contributed by atoms with Gasteiger partial charge in [0.25, 0.3) is 0 Å². The van der Waals surface area contributed by atoms with E-state index in [1.54, 1.807) is 7.11 Å². The fourth-order valence-corrected chi connectivity index (χ4v) is 1.96. The van der Waals surface area contributed by atoms with Gasteiger partial charge < -0.3 is 14.6 Å². The minimum atomic E-state index is -0.409. The van der Waals surface area contributed by atoms with Crippen molar-refractivity contribution >= 4 is 0 Å². The monoisotopic (exact) mass is 255 g/mol. The summed E-state index contributed by atoms with van der Waals surface area (Å²) >= 11 is 0. The van der Waals surface area contributed by atoms with Gasteiger partial charge in [-0.25, -0.2) is 0 Å². The van der Waals surface area contributed by atoms with Crippen molar-refractivity contribution in [2.75, 3.05) is 13.7 Å². The lowest BCUT2D eigenvalue weighted by Crippen LogP contribution is -2.28. The zero-order valence-electron chi connectivity index (χ0n) is 12.1. The van der Waals surface area contributed by atoms with Crippen LogP contribution in [0, 0.1) is 0 Å². The van der Waals surface area contributed by atoms with E-state index in [4.69, 9.17) is 9.26 Å². The highest BCUT2D eigenvalue weighted by Gasteiger charge is 2.33. The minimum absolute atomic E-state index is 0.409. The molecule has 0 amide bonds. The van der Waals surface area contributed by atoms with Gasteiger partial charge in [-0.15, -0.1) is 0 Å². The topological polar surface area (TPSA) is 60.2 Å².